The Morgan fingerprint density at radius 2 is 1.69 bits per heavy atom. The minimum absolute atomic E-state index is 0.0505. The molecule has 0 bridgehead atoms. The van der Waals surface area contributed by atoms with Gasteiger partial charge in [-0.25, -0.2) is 13.6 Å². The van der Waals surface area contributed by atoms with E-state index in [4.69, 9.17) is 0 Å². The summed E-state index contributed by atoms with van der Waals surface area (Å²) in [6.45, 7) is 0.860. The largest absolute Gasteiger partial charge is 0.478 e. The fraction of sp³-hybridized carbons (Fsp3) is 0.333. The number of aromatic carboxylic acids is 1. The number of carbonyl (C=O) groups is 2. The molecule has 4 nitrogen and oxygen atoms in total. The molecule has 1 fully saturated rings. The molecule has 9 heteroatoms. The van der Waals surface area contributed by atoms with Crippen molar-refractivity contribution in [1.29, 1.82) is 0 Å². The number of rotatable bonds is 5. The maximum atomic E-state index is 14.8. The average Bonchev–Trinajstić information content (AvgIpc) is 3.26. The fourth-order valence-electron chi connectivity index (χ4n) is 6.20. The molecule has 1 saturated heterocycles. The molecule has 0 radical (unpaired) electrons. The highest BCUT2D eigenvalue weighted by Gasteiger charge is 2.55. The lowest BCUT2D eigenvalue weighted by Gasteiger charge is -2.44. The van der Waals surface area contributed by atoms with Crippen LogP contribution in [0.3, 0.4) is 0 Å². The van der Waals surface area contributed by atoms with Crippen molar-refractivity contribution in [2.45, 2.75) is 55.9 Å². The van der Waals surface area contributed by atoms with Crippen LogP contribution in [0.15, 0.2) is 66.7 Å². The highest BCUT2D eigenvalue weighted by molar-refractivity contribution is 5.96. The van der Waals surface area contributed by atoms with Crippen molar-refractivity contribution in [3.8, 4) is 0 Å². The normalized spacial score (nSPS) is 22.1. The summed E-state index contributed by atoms with van der Waals surface area (Å²) in [6, 6.07) is 15.4. The standard InChI is InChI=1S/C30H26F5NO3/c1-28(32,30(33,34)35)22-10-11-24-21(16-22)9-12-25-29(24,17-18-3-2-4-23(31)15-18)13-14-36(25)26(37)19-5-7-20(8-6-19)27(38)39/h2-8,10-11,15-16,25H,9,12-14,17H2,1H3,(H,38,39). The van der Waals surface area contributed by atoms with Crippen LogP contribution in [-0.4, -0.2) is 40.6 Å². The Kier molecular flexibility index (Phi) is 6.51. The lowest BCUT2D eigenvalue weighted by molar-refractivity contribution is -0.228. The van der Waals surface area contributed by atoms with E-state index in [1.807, 2.05) is 0 Å². The van der Waals surface area contributed by atoms with Gasteiger partial charge in [0, 0.05) is 23.6 Å². The van der Waals surface area contributed by atoms with Crippen LogP contribution in [-0.2, 0) is 23.9 Å². The summed E-state index contributed by atoms with van der Waals surface area (Å²) in [5.74, 6) is -1.82. The molecule has 1 N–H and O–H groups in total. The lowest BCUT2D eigenvalue weighted by atomic mass is 9.63. The van der Waals surface area contributed by atoms with Gasteiger partial charge in [-0.2, -0.15) is 13.2 Å². The minimum Gasteiger partial charge on any atom is -0.478 e. The Morgan fingerprint density at radius 3 is 2.33 bits per heavy atom. The second-order valence-corrected chi connectivity index (χ2v) is 10.5. The summed E-state index contributed by atoms with van der Waals surface area (Å²) in [5.41, 5.74) is -2.33. The predicted octanol–water partition coefficient (Wildman–Crippen LogP) is 6.61. The molecule has 3 unspecified atom stereocenters. The van der Waals surface area contributed by atoms with Gasteiger partial charge in [0.25, 0.3) is 5.91 Å². The quantitative estimate of drug-likeness (QED) is 0.369. The second-order valence-electron chi connectivity index (χ2n) is 10.5. The number of hydrogen-bond donors (Lipinski definition) is 1. The van der Waals surface area contributed by atoms with Gasteiger partial charge in [0.05, 0.1) is 5.56 Å². The molecule has 1 heterocycles. The van der Waals surface area contributed by atoms with Gasteiger partial charge < -0.3 is 10.0 Å². The molecule has 3 aromatic rings. The molecule has 1 amide bonds. The number of likely N-dealkylation sites (tertiary alicyclic amines) is 1. The topological polar surface area (TPSA) is 57.6 Å². The van der Waals surface area contributed by atoms with E-state index >= 15 is 0 Å². The number of hydrogen-bond acceptors (Lipinski definition) is 2. The van der Waals surface area contributed by atoms with Gasteiger partial charge in [-0.05, 0) is 91.3 Å². The average molecular weight is 544 g/mol. The summed E-state index contributed by atoms with van der Waals surface area (Å²) in [7, 11) is 0. The third-order valence-corrected chi connectivity index (χ3v) is 8.26. The van der Waals surface area contributed by atoms with E-state index in [1.165, 1.54) is 48.5 Å². The molecule has 39 heavy (non-hydrogen) atoms. The minimum atomic E-state index is -5.08. The number of carboxylic acid groups (broad SMARTS) is 1. The summed E-state index contributed by atoms with van der Waals surface area (Å²) >= 11 is 0. The zero-order valence-corrected chi connectivity index (χ0v) is 21.1. The van der Waals surface area contributed by atoms with Crippen molar-refractivity contribution in [1.82, 2.24) is 4.90 Å². The highest BCUT2D eigenvalue weighted by Crippen LogP contribution is 2.51. The van der Waals surface area contributed by atoms with Crippen molar-refractivity contribution in [3.63, 3.8) is 0 Å². The fourth-order valence-corrected chi connectivity index (χ4v) is 6.20. The number of aryl methyl sites for hydroxylation is 1. The van der Waals surface area contributed by atoms with Crippen LogP contribution in [0, 0.1) is 5.82 Å². The Morgan fingerprint density at radius 1 is 1.00 bits per heavy atom. The Labute approximate surface area is 222 Å². The molecule has 0 spiro atoms. The van der Waals surface area contributed by atoms with Gasteiger partial charge in [0.2, 0.25) is 5.67 Å². The third kappa shape index (κ3) is 4.57. The van der Waals surface area contributed by atoms with Gasteiger partial charge >= 0.3 is 12.1 Å². The maximum Gasteiger partial charge on any atom is 0.426 e. The molecule has 3 aromatic carbocycles. The van der Waals surface area contributed by atoms with Gasteiger partial charge in [0.1, 0.15) is 5.82 Å². The van der Waals surface area contributed by atoms with Crippen LogP contribution >= 0.6 is 0 Å². The van der Waals surface area contributed by atoms with E-state index < -0.39 is 34.6 Å². The number of fused-ring (bicyclic) bond motifs is 3. The van der Waals surface area contributed by atoms with E-state index in [9.17, 15) is 36.6 Å². The molecule has 204 valence electrons. The zero-order chi connectivity index (χ0) is 28.2. The predicted molar refractivity (Wildman–Crippen MR) is 134 cm³/mol. The third-order valence-electron chi connectivity index (χ3n) is 8.26. The van der Waals surface area contributed by atoms with Crippen LogP contribution in [0.2, 0.25) is 0 Å². The summed E-state index contributed by atoms with van der Waals surface area (Å²) in [6.07, 6.45) is -3.49. The Hall–Kier alpha value is -3.75. The van der Waals surface area contributed by atoms with Crippen LogP contribution in [0.25, 0.3) is 0 Å². The molecular weight excluding hydrogens is 517 g/mol. The van der Waals surface area contributed by atoms with E-state index in [-0.39, 0.29) is 17.5 Å². The molecule has 1 aliphatic carbocycles. The molecule has 5 rings (SSSR count). The summed E-state index contributed by atoms with van der Waals surface area (Å²) in [4.78, 5) is 26.5. The number of carbonyl (C=O) groups excluding carboxylic acids is 1. The van der Waals surface area contributed by atoms with E-state index in [1.54, 1.807) is 17.0 Å². The van der Waals surface area contributed by atoms with Crippen LogP contribution in [0.4, 0.5) is 22.0 Å². The van der Waals surface area contributed by atoms with Crippen LogP contribution < -0.4 is 0 Å². The molecule has 0 aromatic heterocycles. The SMILES string of the molecule is CC(F)(c1ccc2c(c1)CCC1N(C(=O)c3ccc(C(=O)O)cc3)CCC21Cc1cccc(F)c1)C(F)(F)F. The van der Waals surface area contributed by atoms with Gasteiger partial charge in [-0.3, -0.25) is 4.79 Å². The Bertz CT molecular complexity index is 1430. The van der Waals surface area contributed by atoms with Gasteiger partial charge in [-0.1, -0.05) is 30.3 Å². The molecule has 2 aliphatic rings. The molecule has 3 atom stereocenters. The van der Waals surface area contributed by atoms with Gasteiger partial charge in [0.15, 0.2) is 0 Å². The first-order valence-corrected chi connectivity index (χ1v) is 12.6. The molecular formula is C30H26F5NO3. The molecule has 0 saturated carbocycles. The highest BCUT2D eigenvalue weighted by atomic mass is 19.4. The van der Waals surface area contributed by atoms with Crippen molar-refractivity contribution in [3.05, 3.63) is 106 Å². The number of benzene rings is 3. The number of halogens is 5. The maximum absolute atomic E-state index is 14.8. The van der Waals surface area contributed by atoms with Crippen molar-refractivity contribution < 1.29 is 36.6 Å². The summed E-state index contributed by atoms with van der Waals surface area (Å²) < 4.78 is 69.3. The van der Waals surface area contributed by atoms with E-state index in [0.29, 0.717) is 55.8 Å². The van der Waals surface area contributed by atoms with Crippen LogP contribution in [0.1, 0.15) is 62.7 Å². The summed E-state index contributed by atoms with van der Waals surface area (Å²) in [5, 5.41) is 9.17. The van der Waals surface area contributed by atoms with Crippen molar-refractivity contribution in [2.75, 3.05) is 6.54 Å². The lowest BCUT2D eigenvalue weighted by Crippen LogP contribution is -2.49. The Balaban J connectivity index is 1.56. The zero-order valence-electron chi connectivity index (χ0n) is 21.1. The first-order valence-electron chi connectivity index (χ1n) is 12.6. The van der Waals surface area contributed by atoms with E-state index in [0.717, 1.165) is 11.6 Å². The number of carboxylic acids is 1. The monoisotopic (exact) mass is 543 g/mol. The first kappa shape index (κ1) is 26.8. The van der Waals surface area contributed by atoms with Crippen molar-refractivity contribution >= 4 is 11.9 Å². The smallest absolute Gasteiger partial charge is 0.426 e. The second kappa shape index (κ2) is 9.47. The van der Waals surface area contributed by atoms with Crippen LogP contribution in [0.5, 0.6) is 0 Å². The molecule has 1 aliphatic heterocycles. The van der Waals surface area contributed by atoms with Crippen molar-refractivity contribution in [2.24, 2.45) is 0 Å². The van der Waals surface area contributed by atoms with E-state index in [2.05, 4.69) is 0 Å². The first-order chi connectivity index (χ1) is 18.3. The number of amides is 1. The van der Waals surface area contributed by atoms with Gasteiger partial charge in [-0.15, -0.1) is 0 Å². The number of alkyl halides is 4. The number of nitrogens with zero attached hydrogens (tertiary/aromatic N) is 1.